The summed E-state index contributed by atoms with van der Waals surface area (Å²) in [5.74, 6) is -1.58. The molecule has 0 N–H and O–H groups in total. The second kappa shape index (κ2) is 2.42. The number of alkyl halides is 4. The normalized spacial score (nSPS) is 27.8. The molecule has 0 spiro atoms. The molecule has 0 saturated heterocycles. The van der Waals surface area contributed by atoms with Crippen molar-refractivity contribution in [2.75, 3.05) is 0 Å². The average Bonchev–Trinajstić information content (AvgIpc) is 1.91. The van der Waals surface area contributed by atoms with Crippen molar-refractivity contribution in [3.05, 3.63) is 10.9 Å². The van der Waals surface area contributed by atoms with E-state index in [1.807, 2.05) is 0 Å². The first-order chi connectivity index (χ1) is 4.77. The third kappa shape index (κ3) is 1.45. The molecule has 0 aromatic carbocycles. The monoisotopic (exact) mass is 226 g/mol. The van der Waals surface area contributed by atoms with Gasteiger partial charge in [-0.25, -0.2) is 4.39 Å². The maximum Gasteiger partial charge on any atom is 0.399 e. The van der Waals surface area contributed by atoms with Crippen LogP contribution in [0.5, 0.6) is 0 Å². The third-order valence-electron chi connectivity index (χ3n) is 0.960. The molecule has 0 radical (unpaired) electrons. The summed E-state index contributed by atoms with van der Waals surface area (Å²) in [7, 11) is 0. The van der Waals surface area contributed by atoms with Crippen LogP contribution in [-0.2, 0) is 4.74 Å². The quantitative estimate of drug-likeness (QED) is 0.578. The highest BCUT2D eigenvalue weighted by molar-refractivity contribution is 6.50. The first kappa shape index (κ1) is 9.45. The van der Waals surface area contributed by atoms with Crippen molar-refractivity contribution in [3.63, 3.8) is 0 Å². The maximum absolute atomic E-state index is 12.5. The molecule has 0 atom stereocenters. The average molecular weight is 227 g/mol. The SMILES string of the molecule is FC1=C(Cl)C(F)(F)OC1(Cl)Cl. The second-order valence-electron chi connectivity index (χ2n) is 1.76. The van der Waals surface area contributed by atoms with Crippen molar-refractivity contribution in [2.45, 2.75) is 10.6 Å². The Kier molecular flexibility index (Phi) is 2.08. The van der Waals surface area contributed by atoms with Crippen molar-refractivity contribution in [3.8, 4) is 0 Å². The Labute approximate surface area is 74.7 Å². The Bertz CT molecular complexity index is 203. The molecule has 0 saturated carbocycles. The number of rotatable bonds is 0. The van der Waals surface area contributed by atoms with Gasteiger partial charge < -0.3 is 0 Å². The van der Waals surface area contributed by atoms with Crippen LogP contribution in [0.4, 0.5) is 13.2 Å². The molecule has 64 valence electrons. The van der Waals surface area contributed by atoms with E-state index >= 15 is 0 Å². The lowest BCUT2D eigenvalue weighted by molar-refractivity contribution is -0.202. The van der Waals surface area contributed by atoms with Crippen molar-refractivity contribution in [1.82, 2.24) is 0 Å². The van der Waals surface area contributed by atoms with Gasteiger partial charge in [0.1, 0.15) is 0 Å². The van der Waals surface area contributed by atoms with E-state index in [-0.39, 0.29) is 0 Å². The minimum atomic E-state index is -3.94. The second-order valence-corrected chi connectivity index (χ2v) is 3.40. The molecule has 0 bridgehead atoms. The Balaban J connectivity index is 3.09. The van der Waals surface area contributed by atoms with Crippen LogP contribution in [0.3, 0.4) is 0 Å². The molecule has 0 aromatic heterocycles. The van der Waals surface area contributed by atoms with Gasteiger partial charge in [0.05, 0.1) is 0 Å². The summed E-state index contributed by atoms with van der Waals surface area (Å²) in [6, 6.07) is 0. The first-order valence-corrected chi connectivity index (χ1v) is 3.43. The molecule has 0 amide bonds. The van der Waals surface area contributed by atoms with Crippen LogP contribution in [0.15, 0.2) is 10.9 Å². The molecule has 11 heavy (non-hydrogen) atoms. The van der Waals surface area contributed by atoms with Crippen molar-refractivity contribution < 1.29 is 17.9 Å². The highest BCUT2D eigenvalue weighted by atomic mass is 35.5. The predicted molar refractivity (Wildman–Crippen MR) is 34.5 cm³/mol. The Morgan fingerprint density at radius 2 is 1.73 bits per heavy atom. The highest BCUT2D eigenvalue weighted by Gasteiger charge is 2.56. The molecule has 1 rings (SSSR count). The van der Waals surface area contributed by atoms with Crippen molar-refractivity contribution in [1.29, 1.82) is 0 Å². The zero-order valence-corrected chi connectivity index (χ0v) is 6.94. The summed E-state index contributed by atoms with van der Waals surface area (Å²) in [5.41, 5.74) is 0. The third-order valence-corrected chi connectivity index (χ3v) is 1.83. The highest BCUT2D eigenvalue weighted by Crippen LogP contribution is 2.51. The summed E-state index contributed by atoms with van der Waals surface area (Å²) in [6.07, 6.45) is -3.94. The van der Waals surface area contributed by atoms with Gasteiger partial charge in [0.15, 0.2) is 10.9 Å². The smallest absolute Gasteiger partial charge is 0.272 e. The van der Waals surface area contributed by atoms with Crippen LogP contribution in [0.1, 0.15) is 0 Å². The molecule has 1 aliphatic heterocycles. The lowest BCUT2D eigenvalue weighted by Crippen LogP contribution is -2.22. The van der Waals surface area contributed by atoms with Crippen LogP contribution in [-0.4, -0.2) is 10.6 Å². The molecule has 1 heterocycles. The van der Waals surface area contributed by atoms with Gasteiger partial charge in [0.25, 0.3) is 4.52 Å². The van der Waals surface area contributed by atoms with Crippen LogP contribution in [0.2, 0.25) is 0 Å². The number of ether oxygens (including phenoxy) is 1. The molecule has 0 unspecified atom stereocenters. The molecule has 0 aliphatic carbocycles. The van der Waals surface area contributed by atoms with Gasteiger partial charge in [-0.05, 0) is 0 Å². The zero-order valence-electron chi connectivity index (χ0n) is 4.68. The Hall–Kier alpha value is 0.360. The molecule has 0 fully saturated rings. The predicted octanol–water partition coefficient (Wildman–Crippen LogP) is 3.16. The summed E-state index contributed by atoms with van der Waals surface area (Å²) < 4.78 is 37.9. The van der Waals surface area contributed by atoms with Crippen LogP contribution < -0.4 is 0 Å². The van der Waals surface area contributed by atoms with Gasteiger partial charge in [0, 0.05) is 0 Å². The summed E-state index contributed by atoms with van der Waals surface area (Å²) in [4.78, 5) is 0. The molecule has 0 aromatic rings. The Morgan fingerprint density at radius 3 is 1.82 bits per heavy atom. The van der Waals surface area contributed by atoms with Crippen molar-refractivity contribution in [2.24, 2.45) is 0 Å². The summed E-state index contributed by atoms with van der Waals surface area (Å²) in [6.45, 7) is 0. The number of halogens is 6. The minimum absolute atomic E-state index is 1.41. The topological polar surface area (TPSA) is 9.23 Å². The molecule has 1 nitrogen and oxygen atoms in total. The van der Waals surface area contributed by atoms with Crippen LogP contribution in [0, 0.1) is 0 Å². The Morgan fingerprint density at radius 1 is 1.27 bits per heavy atom. The van der Waals surface area contributed by atoms with Gasteiger partial charge in [-0.3, -0.25) is 4.74 Å². The standard InChI is InChI=1S/C4Cl3F3O/c5-1-2(8)3(6,7)11-4(1,9)10. The van der Waals surface area contributed by atoms with Crippen LogP contribution >= 0.6 is 34.8 Å². The van der Waals surface area contributed by atoms with E-state index in [0.29, 0.717) is 0 Å². The minimum Gasteiger partial charge on any atom is -0.272 e. The number of hydrogen-bond donors (Lipinski definition) is 0. The summed E-state index contributed by atoms with van der Waals surface area (Å²) in [5, 5.41) is -1.41. The van der Waals surface area contributed by atoms with E-state index in [4.69, 9.17) is 34.8 Å². The fourth-order valence-corrected chi connectivity index (χ4v) is 1.16. The molecular weight excluding hydrogens is 227 g/mol. The van der Waals surface area contributed by atoms with Crippen molar-refractivity contribution >= 4 is 34.8 Å². The number of hydrogen-bond acceptors (Lipinski definition) is 1. The zero-order chi connectivity index (χ0) is 8.86. The van der Waals surface area contributed by atoms with Gasteiger partial charge >= 0.3 is 6.11 Å². The maximum atomic E-state index is 12.5. The van der Waals surface area contributed by atoms with E-state index in [1.165, 1.54) is 0 Å². The lowest BCUT2D eigenvalue weighted by atomic mass is 10.5. The van der Waals surface area contributed by atoms with E-state index < -0.39 is 21.5 Å². The van der Waals surface area contributed by atoms with E-state index in [1.54, 1.807) is 0 Å². The van der Waals surface area contributed by atoms with Crippen LogP contribution in [0.25, 0.3) is 0 Å². The molecule has 7 heteroatoms. The van der Waals surface area contributed by atoms with Gasteiger partial charge in [0.2, 0.25) is 0 Å². The molecular formula is C4Cl3F3O. The van der Waals surface area contributed by atoms with Gasteiger partial charge in [-0.2, -0.15) is 8.78 Å². The van der Waals surface area contributed by atoms with Gasteiger partial charge in [-0.15, -0.1) is 0 Å². The fourth-order valence-electron chi connectivity index (χ4n) is 0.506. The fraction of sp³-hybridized carbons (Fsp3) is 0.500. The lowest BCUT2D eigenvalue weighted by Gasteiger charge is -2.13. The van der Waals surface area contributed by atoms with E-state index in [0.717, 1.165) is 0 Å². The van der Waals surface area contributed by atoms with E-state index in [9.17, 15) is 13.2 Å². The molecule has 1 aliphatic rings. The van der Waals surface area contributed by atoms with Gasteiger partial charge in [-0.1, -0.05) is 34.8 Å². The summed E-state index contributed by atoms with van der Waals surface area (Å²) >= 11 is 14.7. The van der Waals surface area contributed by atoms with E-state index in [2.05, 4.69) is 4.74 Å². The first-order valence-electron chi connectivity index (χ1n) is 2.29. The largest absolute Gasteiger partial charge is 0.399 e.